The average Bonchev–Trinajstić information content (AvgIpc) is 2.57. The molecular weight excluding hydrogens is 154 g/mol. The lowest BCUT2D eigenvalue weighted by molar-refractivity contribution is 0.695. The third-order valence-electron chi connectivity index (χ3n) is 1.52. The number of rotatable bonds is 1. The summed E-state index contributed by atoms with van der Waals surface area (Å²) in [4.78, 5) is 5.52. The molecule has 0 aliphatic rings. The first kappa shape index (κ1) is 6.90. The van der Waals surface area contributed by atoms with Crippen LogP contribution in [0, 0.1) is 6.92 Å². The van der Waals surface area contributed by atoms with Gasteiger partial charge in [-0.1, -0.05) is 6.07 Å². The Labute approximate surface area is 69.1 Å². The molecule has 0 amide bonds. The molecule has 0 saturated heterocycles. The van der Waals surface area contributed by atoms with Crippen molar-refractivity contribution in [1.82, 2.24) is 25.2 Å². The summed E-state index contributed by atoms with van der Waals surface area (Å²) in [6, 6.07) is 3.82. The standard InChI is InChI=1S/C7H7N5/c1-6-3-2-4-8-7(6)12-10-5-9-11-12/h2-5H,1H3. The summed E-state index contributed by atoms with van der Waals surface area (Å²) in [6.45, 7) is 1.95. The Kier molecular flexibility index (Phi) is 1.55. The minimum Gasteiger partial charge on any atom is -0.235 e. The van der Waals surface area contributed by atoms with Gasteiger partial charge in [-0.2, -0.15) is 0 Å². The molecule has 0 saturated carbocycles. The molecule has 2 rings (SSSR count). The van der Waals surface area contributed by atoms with Gasteiger partial charge in [0.05, 0.1) is 0 Å². The average molecular weight is 161 g/mol. The van der Waals surface area contributed by atoms with E-state index in [1.807, 2.05) is 19.1 Å². The van der Waals surface area contributed by atoms with Gasteiger partial charge in [0.15, 0.2) is 12.1 Å². The number of hydrogen-bond acceptors (Lipinski definition) is 4. The quantitative estimate of drug-likeness (QED) is 0.606. The summed E-state index contributed by atoms with van der Waals surface area (Å²) in [5.74, 6) is 0.718. The zero-order valence-corrected chi connectivity index (χ0v) is 6.55. The van der Waals surface area contributed by atoms with Crippen LogP contribution in [0.5, 0.6) is 0 Å². The second-order valence-corrected chi connectivity index (χ2v) is 2.37. The van der Waals surface area contributed by atoms with Crippen LogP contribution in [-0.4, -0.2) is 25.2 Å². The Bertz CT molecular complexity index is 367. The first-order valence-electron chi connectivity index (χ1n) is 3.53. The predicted molar refractivity (Wildman–Crippen MR) is 41.7 cm³/mol. The maximum absolute atomic E-state index is 4.12. The van der Waals surface area contributed by atoms with Crippen LogP contribution in [-0.2, 0) is 0 Å². The van der Waals surface area contributed by atoms with E-state index in [4.69, 9.17) is 0 Å². The topological polar surface area (TPSA) is 56.5 Å². The van der Waals surface area contributed by atoms with Gasteiger partial charge in [0.25, 0.3) is 0 Å². The van der Waals surface area contributed by atoms with E-state index in [0.29, 0.717) is 0 Å². The molecule has 0 atom stereocenters. The largest absolute Gasteiger partial charge is 0.235 e. The highest BCUT2D eigenvalue weighted by molar-refractivity contribution is 5.29. The summed E-state index contributed by atoms with van der Waals surface area (Å²) in [6.07, 6.45) is 3.08. The minimum atomic E-state index is 0.718. The summed E-state index contributed by atoms with van der Waals surface area (Å²) in [7, 11) is 0. The van der Waals surface area contributed by atoms with Crippen LogP contribution in [0.15, 0.2) is 24.7 Å². The van der Waals surface area contributed by atoms with E-state index in [9.17, 15) is 0 Å². The summed E-state index contributed by atoms with van der Waals surface area (Å²) in [5.41, 5.74) is 1.02. The molecule has 0 aliphatic carbocycles. The normalized spacial score (nSPS) is 10.1. The first-order valence-corrected chi connectivity index (χ1v) is 3.53. The zero-order chi connectivity index (χ0) is 8.39. The first-order chi connectivity index (χ1) is 5.88. The van der Waals surface area contributed by atoms with Gasteiger partial charge in [0.1, 0.15) is 0 Å². The van der Waals surface area contributed by atoms with E-state index in [1.54, 1.807) is 6.20 Å². The molecule has 0 fully saturated rings. The molecular formula is C7H7N5. The second kappa shape index (κ2) is 2.69. The smallest absolute Gasteiger partial charge is 0.179 e. The lowest BCUT2D eigenvalue weighted by atomic mass is 10.3. The third kappa shape index (κ3) is 1.05. The van der Waals surface area contributed by atoms with Gasteiger partial charge in [0.2, 0.25) is 0 Å². The second-order valence-electron chi connectivity index (χ2n) is 2.37. The van der Waals surface area contributed by atoms with E-state index in [2.05, 4.69) is 20.4 Å². The van der Waals surface area contributed by atoms with Gasteiger partial charge in [-0.05, 0) is 23.8 Å². The lowest BCUT2D eigenvalue weighted by Gasteiger charge is -1.99. The highest BCUT2D eigenvalue weighted by Gasteiger charge is 2.01. The summed E-state index contributed by atoms with van der Waals surface area (Å²) in [5, 5.41) is 11.2. The van der Waals surface area contributed by atoms with Gasteiger partial charge >= 0.3 is 0 Å². The van der Waals surface area contributed by atoms with E-state index in [1.165, 1.54) is 11.1 Å². The van der Waals surface area contributed by atoms with Gasteiger partial charge in [-0.15, -0.1) is 15.0 Å². The maximum atomic E-state index is 4.12. The Hall–Kier alpha value is -1.78. The fourth-order valence-electron chi connectivity index (χ4n) is 0.951. The van der Waals surface area contributed by atoms with Crippen LogP contribution in [0.1, 0.15) is 5.56 Å². The van der Waals surface area contributed by atoms with Crippen molar-refractivity contribution < 1.29 is 0 Å². The Morgan fingerprint density at radius 2 is 2.33 bits per heavy atom. The molecule has 2 aromatic heterocycles. The van der Waals surface area contributed by atoms with Crippen molar-refractivity contribution in [1.29, 1.82) is 0 Å². The molecule has 2 heterocycles. The Balaban J connectivity index is 2.55. The number of hydrogen-bond donors (Lipinski definition) is 0. The van der Waals surface area contributed by atoms with Crippen LogP contribution in [0.2, 0.25) is 0 Å². The number of aromatic nitrogens is 5. The monoisotopic (exact) mass is 161 g/mol. The van der Waals surface area contributed by atoms with Crippen molar-refractivity contribution >= 4 is 0 Å². The highest BCUT2D eigenvalue weighted by atomic mass is 15.6. The van der Waals surface area contributed by atoms with E-state index < -0.39 is 0 Å². The van der Waals surface area contributed by atoms with Crippen LogP contribution in [0.25, 0.3) is 5.82 Å². The molecule has 5 nitrogen and oxygen atoms in total. The fourth-order valence-corrected chi connectivity index (χ4v) is 0.951. The zero-order valence-electron chi connectivity index (χ0n) is 6.55. The number of pyridine rings is 1. The molecule has 5 heteroatoms. The van der Waals surface area contributed by atoms with Crippen molar-refractivity contribution in [3.05, 3.63) is 30.2 Å². The Morgan fingerprint density at radius 3 is 3.00 bits per heavy atom. The van der Waals surface area contributed by atoms with Gasteiger partial charge in [-0.3, -0.25) is 0 Å². The van der Waals surface area contributed by atoms with E-state index in [0.717, 1.165) is 11.4 Å². The molecule has 0 bridgehead atoms. The molecule has 2 aromatic rings. The van der Waals surface area contributed by atoms with E-state index in [-0.39, 0.29) is 0 Å². The van der Waals surface area contributed by atoms with Crippen molar-refractivity contribution in [3.63, 3.8) is 0 Å². The molecule has 0 unspecified atom stereocenters. The Morgan fingerprint density at radius 1 is 1.42 bits per heavy atom. The summed E-state index contributed by atoms with van der Waals surface area (Å²) < 4.78 is 0. The molecule has 0 radical (unpaired) electrons. The van der Waals surface area contributed by atoms with Crippen LogP contribution in [0.3, 0.4) is 0 Å². The third-order valence-corrected chi connectivity index (χ3v) is 1.52. The number of aryl methyl sites for hydroxylation is 1. The SMILES string of the molecule is Cc1cccnc1-n1ncnn1. The van der Waals surface area contributed by atoms with Crippen molar-refractivity contribution in [3.8, 4) is 5.82 Å². The van der Waals surface area contributed by atoms with Gasteiger partial charge < -0.3 is 0 Å². The molecule has 12 heavy (non-hydrogen) atoms. The van der Waals surface area contributed by atoms with Gasteiger partial charge in [-0.25, -0.2) is 4.98 Å². The lowest BCUT2D eigenvalue weighted by Crippen LogP contribution is -2.03. The maximum Gasteiger partial charge on any atom is 0.179 e. The number of tetrazole rings is 1. The highest BCUT2D eigenvalue weighted by Crippen LogP contribution is 2.04. The number of nitrogens with zero attached hydrogens (tertiary/aromatic N) is 5. The van der Waals surface area contributed by atoms with E-state index >= 15 is 0 Å². The van der Waals surface area contributed by atoms with Crippen molar-refractivity contribution in [2.24, 2.45) is 0 Å². The van der Waals surface area contributed by atoms with Crippen molar-refractivity contribution in [2.75, 3.05) is 0 Å². The molecule has 0 spiro atoms. The molecule has 60 valence electrons. The molecule has 0 N–H and O–H groups in total. The minimum absolute atomic E-state index is 0.718. The van der Waals surface area contributed by atoms with Crippen LogP contribution >= 0.6 is 0 Å². The summed E-state index contributed by atoms with van der Waals surface area (Å²) >= 11 is 0. The van der Waals surface area contributed by atoms with Crippen LogP contribution < -0.4 is 0 Å². The molecule has 0 aromatic carbocycles. The fraction of sp³-hybridized carbons (Fsp3) is 0.143. The predicted octanol–water partition coefficient (Wildman–Crippen LogP) is 0.366. The molecule has 0 aliphatic heterocycles. The van der Waals surface area contributed by atoms with Gasteiger partial charge in [0, 0.05) is 6.20 Å². The van der Waals surface area contributed by atoms with Crippen molar-refractivity contribution in [2.45, 2.75) is 6.92 Å². The van der Waals surface area contributed by atoms with Crippen LogP contribution in [0.4, 0.5) is 0 Å².